The van der Waals surface area contributed by atoms with Gasteiger partial charge in [0.2, 0.25) is 0 Å². The molecule has 8 heteroatoms. The summed E-state index contributed by atoms with van der Waals surface area (Å²) in [4.78, 5) is 15.7. The molecule has 2 amide bonds. The van der Waals surface area contributed by atoms with E-state index in [-0.39, 0.29) is 10.9 Å². The predicted octanol–water partition coefficient (Wildman–Crippen LogP) is 2.08. The molecule has 1 aromatic heterocycles. The fourth-order valence-corrected chi connectivity index (χ4v) is 4.83. The van der Waals surface area contributed by atoms with Gasteiger partial charge in [0, 0.05) is 24.5 Å². The van der Waals surface area contributed by atoms with Crippen LogP contribution in [0.2, 0.25) is 0 Å². The van der Waals surface area contributed by atoms with E-state index in [9.17, 15) is 13.2 Å². The number of carbonyl (C=O) groups excluding carboxylic acids is 1. The second-order valence-electron chi connectivity index (χ2n) is 7.03. The first-order valence-corrected chi connectivity index (χ1v) is 9.87. The summed E-state index contributed by atoms with van der Waals surface area (Å²) in [6, 6.07) is 1.06. The van der Waals surface area contributed by atoms with Gasteiger partial charge in [0.25, 0.3) is 10.0 Å². The summed E-state index contributed by atoms with van der Waals surface area (Å²) in [5.41, 5.74) is 0.507. The lowest BCUT2D eigenvalue weighted by atomic mass is 9.95. The van der Waals surface area contributed by atoms with Gasteiger partial charge < -0.3 is 10.6 Å². The average Bonchev–Trinajstić information content (AvgIpc) is 3.08. The van der Waals surface area contributed by atoms with E-state index in [1.165, 1.54) is 25.5 Å². The molecule has 0 saturated heterocycles. The van der Waals surface area contributed by atoms with E-state index < -0.39 is 16.1 Å². The Hall–Kier alpha value is -1.83. The number of sulfonamides is 1. The van der Waals surface area contributed by atoms with Crippen molar-refractivity contribution in [3.05, 3.63) is 18.5 Å². The second kappa shape index (κ2) is 6.58. The van der Waals surface area contributed by atoms with Crippen molar-refractivity contribution < 1.29 is 13.2 Å². The highest BCUT2D eigenvalue weighted by Crippen LogP contribution is 2.45. The Morgan fingerprint density at radius 1 is 1.29 bits per heavy atom. The molecule has 3 rings (SSSR count). The van der Waals surface area contributed by atoms with Crippen molar-refractivity contribution in [1.29, 1.82) is 0 Å². The highest BCUT2D eigenvalue weighted by Gasteiger charge is 2.40. The molecule has 3 N–H and O–H groups in total. The van der Waals surface area contributed by atoms with E-state index in [0.29, 0.717) is 17.6 Å². The Morgan fingerprint density at radius 2 is 2.08 bits per heavy atom. The molecule has 0 radical (unpaired) electrons. The number of hydrogen-bond acceptors (Lipinski definition) is 5. The van der Waals surface area contributed by atoms with Crippen LogP contribution in [0.25, 0.3) is 0 Å². The first-order valence-electron chi connectivity index (χ1n) is 8.39. The van der Waals surface area contributed by atoms with Crippen LogP contribution in [0.5, 0.6) is 0 Å². The van der Waals surface area contributed by atoms with Gasteiger partial charge in [-0.05, 0) is 51.0 Å². The first kappa shape index (κ1) is 17.0. The third kappa shape index (κ3) is 3.63. The number of amides is 2. The van der Waals surface area contributed by atoms with Gasteiger partial charge in [0.1, 0.15) is 4.90 Å². The minimum atomic E-state index is -3.98. The first-order chi connectivity index (χ1) is 11.3. The third-order valence-corrected chi connectivity index (χ3v) is 6.16. The maximum absolute atomic E-state index is 12.5. The van der Waals surface area contributed by atoms with Gasteiger partial charge in [-0.25, -0.2) is 17.9 Å². The summed E-state index contributed by atoms with van der Waals surface area (Å²) in [6.07, 6.45) is 7.61. The summed E-state index contributed by atoms with van der Waals surface area (Å²) in [7, 11) is -3.98. The molecule has 132 valence electrons. The minimum absolute atomic E-state index is 0.00618. The van der Waals surface area contributed by atoms with Crippen LogP contribution >= 0.6 is 0 Å². The van der Waals surface area contributed by atoms with E-state index in [1.807, 2.05) is 4.72 Å². The zero-order valence-corrected chi connectivity index (χ0v) is 14.8. The Balaban J connectivity index is 1.77. The Kier molecular flexibility index (Phi) is 4.67. The molecule has 1 heterocycles. The molecule has 2 aliphatic rings. The molecule has 2 bridgehead atoms. The lowest BCUT2D eigenvalue weighted by molar-refractivity contribution is 0.243. The number of nitrogens with zero attached hydrogens (tertiary/aromatic N) is 1. The summed E-state index contributed by atoms with van der Waals surface area (Å²) in [6.45, 7) is 3.52. The van der Waals surface area contributed by atoms with Crippen LogP contribution in [-0.4, -0.2) is 31.5 Å². The van der Waals surface area contributed by atoms with Crippen molar-refractivity contribution in [2.45, 2.75) is 56.5 Å². The second-order valence-corrected chi connectivity index (χ2v) is 8.68. The third-order valence-electron chi connectivity index (χ3n) is 4.80. The zero-order valence-electron chi connectivity index (χ0n) is 14.0. The van der Waals surface area contributed by atoms with Crippen molar-refractivity contribution in [2.24, 2.45) is 11.8 Å². The van der Waals surface area contributed by atoms with Crippen molar-refractivity contribution >= 4 is 21.7 Å². The standard InChI is InChI=1S/C16H24N4O3S/c1-10(2)18-16(21)20-24(22,23)15-9-17-6-5-13(15)19-14-8-11-3-4-12(14)7-11/h5-6,9-12,14H,3-4,7-8H2,1-2H3,(H,17,19)(H2,18,20,21)/t11-,12-,14+/m0/s1. The lowest BCUT2D eigenvalue weighted by Gasteiger charge is -2.25. The van der Waals surface area contributed by atoms with Crippen LogP contribution < -0.4 is 15.4 Å². The number of aromatic nitrogens is 1. The minimum Gasteiger partial charge on any atom is -0.381 e. The van der Waals surface area contributed by atoms with Crippen LogP contribution in [0.1, 0.15) is 39.5 Å². The van der Waals surface area contributed by atoms with Gasteiger partial charge in [-0.3, -0.25) is 4.98 Å². The smallest absolute Gasteiger partial charge is 0.328 e. The molecule has 2 fully saturated rings. The molecule has 0 aromatic carbocycles. The largest absolute Gasteiger partial charge is 0.381 e. The number of urea groups is 1. The maximum atomic E-state index is 12.5. The van der Waals surface area contributed by atoms with Gasteiger partial charge in [-0.2, -0.15) is 0 Å². The molecule has 2 saturated carbocycles. The molecule has 3 atom stereocenters. The predicted molar refractivity (Wildman–Crippen MR) is 91.1 cm³/mol. The van der Waals surface area contributed by atoms with Crippen molar-refractivity contribution in [2.75, 3.05) is 5.32 Å². The topological polar surface area (TPSA) is 100 Å². The number of fused-ring (bicyclic) bond motifs is 2. The monoisotopic (exact) mass is 352 g/mol. The molecule has 1 aromatic rings. The number of nitrogens with one attached hydrogen (secondary N) is 3. The van der Waals surface area contributed by atoms with Crippen LogP contribution in [0.4, 0.5) is 10.5 Å². The van der Waals surface area contributed by atoms with E-state index in [0.717, 1.165) is 12.3 Å². The van der Waals surface area contributed by atoms with Crippen LogP contribution in [0.15, 0.2) is 23.4 Å². The van der Waals surface area contributed by atoms with Gasteiger partial charge >= 0.3 is 6.03 Å². The number of hydrogen-bond donors (Lipinski definition) is 3. The van der Waals surface area contributed by atoms with Gasteiger partial charge in [0.15, 0.2) is 0 Å². The Bertz CT molecular complexity index is 720. The Morgan fingerprint density at radius 3 is 2.71 bits per heavy atom. The molecule has 7 nitrogen and oxygen atoms in total. The van der Waals surface area contributed by atoms with Crippen molar-refractivity contribution in [3.8, 4) is 0 Å². The fourth-order valence-electron chi connectivity index (χ4n) is 3.80. The van der Waals surface area contributed by atoms with Crippen LogP contribution in [0, 0.1) is 11.8 Å². The van der Waals surface area contributed by atoms with Crippen molar-refractivity contribution in [3.63, 3.8) is 0 Å². The molecule has 2 aliphatic carbocycles. The van der Waals surface area contributed by atoms with E-state index in [4.69, 9.17) is 0 Å². The van der Waals surface area contributed by atoms with E-state index >= 15 is 0 Å². The molecular formula is C16H24N4O3S. The molecule has 24 heavy (non-hydrogen) atoms. The number of pyridine rings is 1. The SMILES string of the molecule is CC(C)NC(=O)NS(=O)(=O)c1cnccc1N[C@@H]1C[C@H]2CC[C@H]1C2. The highest BCUT2D eigenvalue weighted by atomic mass is 32.2. The number of carbonyl (C=O) groups is 1. The number of anilines is 1. The zero-order chi connectivity index (χ0) is 17.3. The quantitative estimate of drug-likeness (QED) is 0.753. The van der Waals surface area contributed by atoms with Gasteiger partial charge in [-0.1, -0.05) is 6.42 Å². The highest BCUT2D eigenvalue weighted by molar-refractivity contribution is 7.90. The molecule has 0 unspecified atom stereocenters. The maximum Gasteiger partial charge on any atom is 0.328 e. The molecule has 0 aliphatic heterocycles. The summed E-state index contributed by atoms with van der Waals surface area (Å²) >= 11 is 0. The average molecular weight is 352 g/mol. The summed E-state index contributed by atoms with van der Waals surface area (Å²) in [5.74, 6) is 1.36. The summed E-state index contributed by atoms with van der Waals surface area (Å²) < 4.78 is 27.1. The van der Waals surface area contributed by atoms with Crippen LogP contribution in [0.3, 0.4) is 0 Å². The Labute approximate surface area is 142 Å². The molecule has 0 spiro atoms. The van der Waals surface area contributed by atoms with Gasteiger partial charge in [0.05, 0.1) is 5.69 Å². The number of rotatable bonds is 5. The van der Waals surface area contributed by atoms with E-state index in [2.05, 4.69) is 15.6 Å². The summed E-state index contributed by atoms with van der Waals surface area (Å²) in [5, 5.41) is 5.88. The molecular weight excluding hydrogens is 328 g/mol. The van der Waals surface area contributed by atoms with Crippen LogP contribution in [-0.2, 0) is 10.0 Å². The van der Waals surface area contributed by atoms with Gasteiger partial charge in [-0.15, -0.1) is 0 Å². The van der Waals surface area contributed by atoms with Crippen molar-refractivity contribution in [1.82, 2.24) is 15.0 Å². The normalized spacial score (nSPS) is 25.7. The lowest BCUT2D eigenvalue weighted by Crippen LogP contribution is -2.42. The van der Waals surface area contributed by atoms with E-state index in [1.54, 1.807) is 26.1 Å². The fraction of sp³-hybridized carbons (Fsp3) is 0.625.